The van der Waals surface area contributed by atoms with Crippen LogP contribution in [0.15, 0.2) is 69.7 Å². The molecular weight excluding hydrogens is 374 g/mol. The molecule has 0 N–H and O–H groups in total. The SMILES string of the molecule is Cc1cc2oc(C(=O)N(Cc3ccccc3)Cc3ccco3)c(C)c2cc1Cl. The topological polar surface area (TPSA) is 46.6 Å². The molecular formula is C23H20ClNO3. The van der Waals surface area contributed by atoms with Gasteiger partial charge in [-0.25, -0.2) is 0 Å². The minimum atomic E-state index is -0.178. The molecule has 0 unspecified atom stereocenters. The molecule has 4 nitrogen and oxygen atoms in total. The highest BCUT2D eigenvalue weighted by Gasteiger charge is 2.25. The van der Waals surface area contributed by atoms with Crippen molar-refractivity contribution in [1.82, 2.24) is 4.90 Å². The van der Waals surface area contributed by atoms with Gasteiger partial charge in [-0.15, -0.1) is 0 Å². The molecule has 0 aliphatic rings. The van der Waals surface area contributed by atoms with Crippen molar-refractivity contribution in [3.63, 3.8) is 0 Å². The lowest BCUT2D eigenvalue weighted by Crippen LogP contribution is -2.30. The Labute approximate surface area is 168 Å². The lowest BCUT2D eigenvalue weighted by Gasteiger charge is -2.21. The number of furan rings is 2. The van der Waals surface area contributed by atoms with Crippen LogP contribution < -0.4 is 0 Å². The van der Waals surface area contributed by atoms with E-state index in [0.29, 0.717) is 29.5 Å². The summed E-state index contributed by atoms with van der Waals surface area (Å²) in [6, 6.07) is 17.3. The first-order valence-electron chi connectivity index (χ1n) is 9.08. The van der Waals surface area contributed by atoms with Crippen LogP contribution in [0.1, 0.15) is 33.0 Å². The highest BCUT2D eigenvalue weighted by molar-refractivity contribution is 6.32. The second kappa shape index (κ2) is 7.56. The summed E-state index contributed by atoms with van der Waals surface area (Å²) in [5.74, 6) is 0.874. The normalized spacial score (nSPS) is 11.1. The Morgan fingerprint density at radius 2 is 1.82 bits per heavy atom. The number of fused-ring (bicyclic) bond motifs is 1. The van der Waals surface area contributed by atoms with Gasteiger partial charge < -0.3 is 13.7 Å². The quantitative estimate of drug-likeness (QED) is 0.409. The molecule has 1 amide bonds. The molecule has 0 aliphatic carbocycles. The average Bonchev–Trinajstić information content (AvgIpc) is 3.31. The number of nitrogens with zero attached hydrogens (tertiary/aromatic N) is 1. The third-order valence-electron chi connectivity index (χ3n) is 4.84. The smallest absolute Gasteiger partial charge is 0.290 e. The summed E-state index contributed by atoms with van der Waals surface area (Å²) in [5, 5.41) is 1.52. The van der Waals surface area contributed by atoms with Crippen LogP contribution >= 0.6 is 11.6 Å². The average molecular weight is 394 g/mol. The van der Waals surface area contributed by atoms with Crippen LogP contribution in [-0.4, -0.2) is 10.8 Å². The zero-order valence-corrected chi connectivity index (χ0v) is 16.5. The predicted molar refractivity (Wildman–Crippen MR) is 109 cm³/mol. The highest BCUT2D eigenvalue weighted by atomic mass is 35.5. The van der Waals surface area contributed by atoms with E-state index in [0.717, 1.165) is 27.8 Å². The number of aryl methyl sites for hydroxylation is 2. The van der Waals surface area contributed by atoms with Gasteiger partial charge in [0.1, 0.15) is 11.3 Å². The van der Waals surface area contributed by atoms with Crippen LogP contribution in [0.4, 0.5) is 0 Å². The maximum absolute atomic E-state index is 13.4. The van der Waals surface area contributed by atoms with Gasteiger partial charge >= 0.3 is 0 Å². The van der Waals surface area contributed by atoms with E-state index < -0.39 is 0 Å². The Bertz CT molecular complexity index is 1110. The standard InChI is InChI=1S/C23H20ClNO3/c1-15-11-21-19(12-20(15)24)16(2)22(28-21)23(26)25(14-18-9-6-10-27-18)13-17-7-4-3-5-8-17/h3-12H,13-14H2,1-2H3. The minimum absolute atomic E-state index is 0.178. The Morgan fingerprint density at radius 1 is 1.04 bits per heavy atom. The number of halogens is 1. The minimum Gasteiger partial charge on any atom is -0.467 e. The molecule has 0 saturated carbocycles. The summed E-state index contributed by atoms with van der Waals surface area (Å²) in [6.45, 7) is 4.62. The summed E-state index contributed by atoms with van der Waals surface area (Å²) in [7, 11) is 0. The lowest BCUT2D eigenvalue weighted by molar-refractivity contribution is 0.0686. The maximum atomic E-state index is 13.4. The van der Waals surface area contributed by atoms with E-state index in [-0.39, 0.29) is 5.91 Å². The summed E-state index contributed by atoms with van der Waals surface area (Å²) in [4.78, 5) is 15.1. The van der Waals surface area contributed by atoms with E-state index in [1.807, 2.05) is 68.4 Å². The van der Waals surface area contributed by atoms with Crippen LogP contribution in [0.25, 0.3) is 11.0 Å². The number of amides is 1. The summed E-state index contributed by atoms with van der Waals surface area (Å²) in [5.41, 5.74) is 3.41. The van der Waals surface area contributed by atoms with Gasteiger partial charge in [-0.2, -0.15) is 0 Å². The zero-order valence-electron chi connectivity index (χ0n) is 15.7. The third kappa shape index (κ3) is 3.56. The first-order chi connectivity index (χ1) is 13.5. The first-order valence-corrected chi connectivity index (χ1v) is 9.45. The van der Waals surface area contributed by atoms with Gasteiger partial charge in [0.2, 0.25) is 0 Å². The van der Waals surface area contributed by atoms with Gasteiger partial charge in [-0.3, -0.25) is 4.79 Å². The van der Waals surface area contributed by atoms with Gasteiger partial charge in [0, 0.05) is 22.5 Å². The van der Waals surface area contributed by atoms with Crippen LogP contribution in [0, 0.1) is 13.8 Å². The summed E-state index contributed by atoms with van der Waals surface area (Å²) >= 11 is 6.26. The number of carbonyl (C=O) groups is 1. The number of hydrogen-bond donors (Lipinski definition) is 0. The molecule has 28 heavy (non-hydrogen) atoms. The molecule has 0 saturated heterocycles. The molecule has 2 heterocycles. The van der Waals surface area contributed by atoms with Crippen molar-refractivity contribution in [2.24, 2.45) is 0 Å². The molecule has 4 aromatic rings. The van der Waals surface area contributed by atoms with Gasteiger partial charge in [-0.1, -0.05) is 41.9 Å². The molecule has 0 fully saturated rings. The molecule has 0 spiro atoms. The number of carbonyl (C=O) groups excluding carboxylic acids is 1. The van der Waals surface area contributed by atoms with Gasteiger partial charge in [0.15, 0.2) is 5.76 Å². The summed E-state index contributed by atoms with van der Waals surface area (Å²) < 4.78 is 11.4. The largest absolute Gasteiger partial charge is 0.467 e. The maximum Gasteiger partial charge on any atom is 0.290 e. The number of benzene rings is 2. The Morgan fingerprint density at radius 3 is 2.54 bits per heavy atom. The molecule has 0 atom stereocenters. The van der Waals surface area contributed by atoms with Gasteiger partial charge in [0.05, 0.1) is 12.8 Å². The molecule has 0 radical (unpaired) electrons. The number of hydrogen-bond acceptors (Lipinski definition) is 3. The molecule has 2 aromatic carbocycles. The van der Waals surface area contributed by atoms with Crippen LogP contribution in [0.5, 0.6) is 0 Å². The van der Waals surface area contributed by atoms with Crippen molar-refractivity contribution in [3.05, 3.63) is 94.1 Å². The molecule has 142 valence electrons. The number of rotatable bonds is 5. The van der Waals surface area contributed by atoms with Crippen LogP contribution in [0.3, 0.4) is 0 Å². The second-order valence-corrected chi connectivity index (χ2v) is 7.29. The van der Waals surface area contributed by atoms with E-state index in [2.05, 4.69) is 0 Å². The van der Waals surface area contributed by atoms with Crippen molar-refractivity contribution in [2.75, 3.05) is 0 Å². The van der Waals surface area contributed by atoms with E-state index in [9.17, 15) is 4.79 Å². The Kier molecular flexibility index (Phi) is 4.97. The van der Waals surface area contributed by atoms with E-state index in [1.54, 1.807) is 11.2 Å². The lowest BCUT2D eigenvalue weighted by atomic mass is 10.1. The van der Waals surface area contributed by atoms with E-state index in [4.69, 9.17) is 20.4 Å². The monoisotopic (exact) mass is 393 g/mol. The third-order valence-corrected chi connectivity index (χ3v) is 5.25. The Balaban J connectivity index is 1.72. The highest BCUT2D eigenvalue weighted by Crippen LogP contribution is 2.31. The van der Waals surface area contributed by atoms with Crippen molar-refractivity contribution in [1.29, 1.82) is 0 Å². The molecule has 4 rings (SSSR count). The van der Waals surface area contributed by atoms with Crippen molar-refractivity contribution in [3.8, 4) is 0 Å². The van der Waals surface area contributed by atoms with Crippen molar-refractivity contribution < 1.29 is 13.6 Å². The van der Waals surface area contributed by atoms with Crippen molar-refractivity contribution in [2.45, 2.75) is 26.9 Å². The van der Waals surface area contributed by atoms with Crippen molar-refractivity contribution >= 4 is 28.5 Å². The van der Waals surface area contributed by atoms with Crippen LogP contribution in [0.2, 0.25) is 5.02 Å². The molecule has 0 aliphatic heterocycles. The molecule has 5 heteroatoms. The first kappa shape index (κ1) is 18.4. The fourth-order valence-corrected chi connectivity index (χ4v) is 3.45. The zero-order chi connectivity index (χ0) is 19.7. The Hall–Kier alpha value is -2.98. The van der Waals surface area contributed by atoms with Gasteiger partial charge in [0.25, 0.3) is 5.91 Å². The summed E-state index contributed by atoms with van der Waals surface area (Å²) in [6.07, 6.45) is 1.61. The van der Waals surface area contributed by atoms with E-state index in [1.165, 1.54) is 0 Å². The van der Waals surface area contributed by atoms with Crippen LogP contribution in [-0.2, 0) is 13.1 Å². The fourth-order valence-electron chi connectivity index (χ4n) is 3.28. The molecule has 0 bridgehead atoms. The fraction of sp³-hybridized carbons (Fsp3) is 0.174. The van der Waals surface area contributed by atoms with Gasteiger partial charge in [-0.05, 0) is 49.2 Å². The molecule has 2 aromatic heterocycles. The second-order valence-electron chi connectivity index (χ2n) is 6.88. The van der Waals surface area contributed by atoms with E-state index >= 15 is 0 Å². The predicted octanol–water partition coefficient (Wildman–Crippen LogP) is 6.14.